The number of hydrogen-bond acceptors (Lipinski definition) is 4. The van der Waals surface area contributed by atoms with Crippen molar-refractivity contribution in [1.29, 1.82) is 0 Å². The number of aryl methyl sites for hydroxylation is 1. The van der Waals surface area contributed by atoms with E-state index in [0.29, 0.717) is 18.0 Å². The van der Waals surface area contributed by atoms with Crippen LogP contribution in [0.15, 0.2) is 41.3 Å². The second-order valence-corrected chi connectivity index (χ2v) is 10.0. The molecular weight excluding hydrogens is 389 g/mol. The SMILES string of the molecule is CCCCC1(CC)CN(c2ccc(F)cc2)c2cc(C)c(OC)cc2S(=O)(=O)C1. The fourth-order valence-electron chi connectivity index (χ4n) is 4.23. The van der Waals surface area contributed by atoms with Crippen molar-refractivity contribution in [3.8, 4) is 5.75 Å². The standard InChI is InChI=1S/C23H30FNO3S/c1-5-7-12-23(6-2)15-25(19-10-8-18(24)9-11-19)20-13-17(3)21(28-4)14-22(20)29(26,27)16-23/h8-11,13-14H,5-7,12,15-16H2,1-4H3. The third-order valence-corrected chi connectivity index (χ3v) is 8.03. The number of ether oxygens (including phenoxy) is 1. The Labute approximate surface area is 173 Å². The van der Waals surface area contributed by atoms with Gasteiger partial charge < -0.3 is 9.64 Å². The van der Waals surface area contributed by atoms with Crippen LogP contribution in [0.4, 0.5) is 15.8 Å². The molecule has 4 nitrogen and oxygen atoms in total. The van der Waals surface area contributed by atoms with Gasteiger partial charge in [-0.2, -0.15) is 0 Å². The van der Waals surface area contributed by atoms with Gasteiger partial charge in [0.05, 0.1) is 23.4 Å². The topological polar surface area (TPSA) is 46.6 Å². The van der Waals surface area contributed by atoms with E-state index in [1.165, 1.54) is 12.1 Å². The molecule has 0 aromatic heterocycles. The molecule has 1 heterocycles. The number of sulfone groups is 1. The van der Waals surface area contributed by atoms with Crippen molar-refractivity contribution in [1.82, 2.24) is 0 Å². The second-order valence-electron chi connectivity index (χ2n) is 8.07. The molecule has 0 saturated carbocycles. The minimum absolute atomic E-state index is 0.105. The van der Waals surface area contributed by atoms with Crippen LogP contribution in [0, 0.1) is 18.2 Å². The lowest BCUT2D eigenvalue weighted by Gasteiger charge is -2.36. The Bertz CT molecular complexity index is 972. The average Bonchev–Trinajstić information content (AvgIpc) is 2.79. The van der Waals surface area contributed by atoms with Crippen molar-refractivity contribution in [2.75, 3.05) is 24.3 Å². The van der Waals surface area contributed by atoms with Crippen LogP contribution < -0.4 is 9.64 Å². The monoisotopic (exact) mass is 419 g/mol. The zero-order chi connectivity index (χ0) is 21.2. The van der Waals surface area contributed by atoms with Crippen LogP contribution in [0.5, 0.6) is 5.75 Å². The highest BCUT2D eigenvalue weighted by atomic mass is 32.2. The van der Waals surface area contributed by atoms with Gasteiger partial charge in [0, 0.05) is 23.7 Å². The highest BCUT2D eigenvalue weighted by molar-refractivity contribution is 7.91. The van der Waals surface area contributed by atoms with E-state index >= 15 is 0 Å². The zero-order valence-electron chi connectivity index (χ0n) is 17.7. The summed E-state index contributed by atoms with van der Waals surface area (Å²) in [6.07, 6.45) is 3.58. The van der Waals surface area contributed by atoms with Gasteiger partial charge in [-0.3, -0.25) is 0 Å². The minimum atomic E-state index is -3.52. The van der Waals surface area contributed by atoms with Crippen molar-refractivity contribution < 1.29 is 17.5 Å². The lowest BCUT2D eigenvalue weighted by atomic mass is 9.81. The smallest absolute Gasteiger partial charge is 0.181 e. The van der Waals surface area contributed by atoms with E-state index in [9.17, 15) is 12.8 Å². The molecule has 0 spiro atoms. The molecule has 0 amide bonds. The number of fused-ring (bicyclic) bond motifs is 1. The first-order valence-corrected chi connectivity index (χ1v) is 11.8. The number of halogens is 1. The molecule has 1 aliphatic heterocycles. The zero-order valence-corrected chi connectivity index (χ0v) is 18.5. The number of hydrogen-bond donors (Lipinski definition) is 0. The molecule has 2 aromatic carbocycles. The molecule has 3 rings (SSSR count). The first-order chi connectivity index (χ1) is 13.7. The van der Waals surface area contributed by atoms with E-state index < -0.39 is 9.84 Å². The molecule has 158 valence electrons. The van der Waals surface area contributed by atoms with Crippen molar-refractivity contribution >= 4 is 21.2 Å². The van der Waals surface area contributed by atoms with Crippen LogP contribution >= 0.6 is 0 Å². The van der Waals surface area contributed by atoms with Crippen molar-refractivity contribution in [3.63, 3.8) is 0 Å². The quantitative estimate of drug-likeness (QED) is 0.607. The summed E-state index contributed by atoms with van der Waals surface area (Å²) in [7, 11) is -1.97. The first-order valence-electron chi connectivity index (χ1n) is 10.2. The highest BCUT2D eigenvalue weighted by Crippen LogP contribution is 2.45. The maximum Gasteiger partial charge on any atom is 0.181 e. The van der Waals surface area contributed by atoms with E-state index in [0.717, 1.165) is 36.9 Å². The highest BCUT2D eigenvalue weighted by Gasteiger charge is 2.41. The summed E-state index contributed by atoms with van der Waals surface area (Å²) >= 11 is 0. The van der Waals surface area contributed by atoms with E-state index in [-0.39, 0.29) is 21.9 Å². The summed E-state index contributed by atoms with van der Waals surface area (Å²) in [6.45, 7) is 6.67. The van der Waals surface area contributed by atoms with Gasteiger partial charge in [-0.15, -0.1) is 0 Å². The molecule has 1 unspecified atom stereocenters. The molecule has 2 aromatic rings. The Morgan fingerprint density at radius 3 is 2.45 bits per heavy atom. The summed E-state index contributed by atoms with van der Waals surface area (Å²) in [5.74, 6) is 0.354. The molecule has 1 aliphatic rings. The van der Waals surface area contributed by atoms with E-state index in [2.05, 4.69) is 13.8 Å². The summed E-state index contributed by atoms with van der Waals surface area (Å²) in [5, 5.41) is 0. The lowest BCUT2D eigenvalue weighted by molar-refractivity contribution is 0.290. The van der Waals surface area contributed by atoms with Crippen LogP contribution in [0.1, 0.15) is 45.1 Å². The maximum atomic E-state index is 13.6. The molecule has 0 saturated heterocycles. The molecule has 0 radical (unpaired) electrons. The first kappa shape index (κ1) is 21.6. The van der Waals surface area contributed by atoms with Crippen molar-refractivity contribution in [3.05, 3.63) is 47.8 Å². The Kier molecular flexibility index (Phi) is 6.22. The number of rotatable bonds is 6. The van der Waals surface area contributed by atoms with Gasteiger partial charge >= 0.3 is 0 Å². The summed E-state index contributed by atoms with van der Waals surface area (Å²) in [6, 6.07) is 9.80. The van der Waals surface area contributed by atoms with Crippen molar-refractivity contribution in [2.45, 2.75) is 51.3 Å². The van der Waals surface area contributed by atoms with Crippen LogP contribution in [0.25, 0.3) is 0 Å². The van der Waals surface area contributed by atoms with E-state index in [1.54, 1.807) is 25.3 Å². The van der Waals surface area contributed by atoms with Gasteiger partial charge in [0.2, 0.25) is 0 Å². The summed E-state index contributed by atoms with van der Waals surface area (Å²) in [5.41, 5.74) is 1.93. The lowest BCUT2D eigenvalue weighted by Crippen LogP contribution is -2.37. The molecule has 0 fully saturated rings. The van der Waals surface area contributed by atoms with Gasteiger partial charge in [0.15, 0.2) is 9.84 Å². The Hall–Kier alpha value is -2.08. The van der Waals surface area contributed by atoms with Crippen LogP contribution in [-0.2, 0) is 9.84 Å². The predicted octanol–water partition coefficient (Wildman–Crippen LogP) is 5.65. The minimum Gasteiger partial charge on any atom is -0.496 e. The van der Waals surface area contributed by atoms with Gasteiger partial charge in [-0.1, -0.05) is 26.7 Å². The normalized spacial score (nSPS) is 20.8. The van der Waals surface area contributed by atoms with Gasteiger partial charge in [-0.25, -0.2) is 12.8 Å². The Morgan fingerprint density at radius 1 is 1.17 bits per heavy atom. The van der Waals surface area contributed by atoms with Gasteiger partial charge in [0.25, 0.3) is 0 Å². The predicted molar refractivity (Wildman–Crippen MR) is 115 cm³/mol. The number of unbranched alkanes of at least 4 members (excludes halogenated alkanes) is 1. The fraction of sp³-hybridized carbons (Fsp3) is 0.478. The number of benzene rings is 2. The van der Waals surface area contributed by atoms with Crippen molar-refractivity contribution in [2.24, 2.45) is 5.41 Å². The largest absolute Gasteiger partial charge is 0.496 e. The molecule has 6 heteroatoms. The van der Waals surface area contributed by atoms with Crippen LogP contribution in [0.2, 0.25) is 0 Å². The molecular formula is C23H30FNO3S. The average molecular weight is 420 g/mol. The van der Waals surface area contributed by atoms with Crippen LogP contribution in [-0.4, -0.2) is 27.8 Å². The molecule has 1 atom stereocenters. The second kappa shape index (κ2) is 8.34. The Morgan fingerprint density at radius 2 is 1.86 bits per heavy atom. The third kappa shape index (κ3) is 4.27. The molecule has 0 bridgehead atoms. The third-order valence-electron chi connectivity index (χ3n) is 6.04. The fourth-order valence-corrected chi connectivity index (χ4v) is 6.40. The van der Waals surface area contributed by atoms with Gasteiger partial charge in [-0.05, 0) is 55.7 Å². The van der Waals surface area contributed by atoms with E-state index in [4.69, 9.17) is 4.74 Å². The van der Waals surface area contributed by atoms with Gasteiger partial charge in [0.1, 0.15) is 11.6 Å². The number of methoxy groups -OCH3 is 1. The Balaban J connectivity index is 2.25. The summed E-state index contributed by atoms with van der Waals surface area (Å²) in [4.78, 5) is 2.33. The molecule has 0 N–H and O–H groups in total. The summed E-state index contributed by atoms with van der Waals surface area (Å²) < 4.78 is 46.0. The number of anilines is 2. The van der Waals surface area contributed by atoms with Crippen LogP contribution in [0.3, 0.4) is 0 Å². The number of nitrogens with zero attached hydrogens (tertiary/aromatic N) is 1. The van der Waals surface area contributed by atoms with E-state index in [1.807, 2.05) is 17.9 Å². The maximum absolute atomic E-state index is 13.6. The molecule has 29 heavy (non-hydrogen) atoms. The molecule has 0 aliphatic carbocycles.